The van der Waals surface area contributed by atoms with Crippen molar-refractivity contribution in [3.8, 4) is 5.75 Å². The highest BCUT2D eigenvalue weighted by Gasteiger charge is 2.17. The lowest BCUT2D eigenvalue weighted by molar-refractivity contribution is 0.383. The molecule has 0 N–H and O–H groups in total. The van der Waals surface area contributed by atoms with Gasteiger partial charge in [0.2, 0.25) is 0 Å². The molecule has 0 aliphatic carbocycles. The Balaban J connectivity index is 3.39. The van der Waals surface area contributed by atoms with Crippen molar-refractivity contribution in [3.63, 3.8) is 0 Å². The molecule has 0 aromatic heterocycles. The van der Waals surface area contributed by atoms with E-state index in [1.165, 1.54) is 7.11 Å². The van der Waals surface area contributed by atoms with Gasteiger partial charge in [-0.05, 0) is 6.42 Å². The summed E-state index contributed by atoms with van der Waals surface area (Å²) in [6, 6.07) is 0.844. The van der Waals surface area contributed by atoms with E-state index in [2.05, 4.69) is 0 Å². The summed E-state index contributed by atoms with van der Waals surface area (Å²) in [7, 11) is 1.28. The lowest BCUT2D eigenvalue weighted by Crippen LogP contribution is -2.00. The second-order valence-corrected chi connectivity index (χ2v) is 2.52. The Morgan fingerprint density at radius 1 is 1.23 bits per heavy atom. The Hall–Kier alpha value is -1.19. The van der Waals surface area contributed by atoms with Crippen molar-refractivity contribution in [1.29, 1.82) is 0 Å². The zero-order chi connectivity index (χ0) is 10.0. The van der Waals surface area contributed by atoms with E-state index in [9.17, 15) is 13.2 Å². The molecular formula is C9H9F3O. The minimum atomic E-state index is -1.45. The highest BCUT2D eigenvalue weighted by atomic mass is 19.2. The van der Waals surface area contributed by atoms with Crippen LogP contribution in [0.2, 0.25) is 0 Å². The van der Waals surface area contributed by atoms with Crippen molar-refractivity contribution in [2.45, 2.75) is 13.3 Å². The zero-order valence-corrected chi connectivity index (χ0v) is 7.33. The van der Waals surface area contributed by atoms with Crippen LogP contribution in [-0.2, 0) is 6.42 Å². The first-order valence-corrected chi connectivity index (χ1v) is 3.82. The SMILES string of the molecule is CCc1c(OC)cc(F)c(F)c1F. The number of hydrogen-bond acceptors (Lipinski definition) is 1. The fourth-order valence-corrected chi connectivity index (χ4v) is 1.12. The molecule has 72 valence electrons. The summed E-state index contributed by atoms with van der Waals surface area (Å²) in [6.45, 7) is 1.64. The van der Waals surface area contributed by atoms with E-state index in [0.29, 0.717) is 0 Å². The molecule has 0 radical (unpaired) electrons. The summed E-state index contributed by atoms with van der Waals surface area (Å²) in [4.78, 5) is 0. The first kappa shape index (κ1) is 9.89. The molecule has 0 spiro atoms. The largest absolute Gasteiger partial charge is 0.496 e. The van der Waals surface area contributed by atoms with Gasteiger partial charge in [0.15, 0.2) is 17.5 Å². The smallest absolute Gasteiger partial charge is 0.194 e. The molecule has 0 saturated carbocycles. The fraction of sp³-hybridized carbons (Fsp3) is 0.333. The molecular weight excluding hydrogens is 181 g/mol. The number of rotatable bonds is 2. The molecule has 1 aromatic rings. The predicted molar refractivity (Wildman–Crippen MR) is 42.2 cm³/mol. The van der Waals surface area contributed by atoms with Crippen LogP contribution in [0.25, 0.3) is 0 Å². The zero-order valence-electron chi connectivity index (χ0n) is 7.33. The second-order valence-electron chi connectivity index (χ2n) is 2.52. The van der Waals surface area contributed by atoms with Crippen LogP contribution in [0.1, 0.15) is 12.5 Å². The molecule has 0 unspecified atom stereocenters. The van der Waals surface area contributed by atoms with Gasteiger partial charge in [0.1, 0.15) is 5.75 Å². The van der Waals surface area contributed by atoms with Crippen LogP contribution in [0.15, 0.2) is 6.07 Å². The third kappa shape index (κ3) is 1.61. The summed E-state index contributed by atoms with van der Waals surface area (Å²) in [5, 5.41) is 0. The molecule has 0 amide bonds. The monoisotopic (exact) mass is 190 g/mol. The van der Waals surface area contributed by atoms with Crippen molar-refractivity contribution in [2.75, 3.05) is 7.11 Å². The van der Waals surface area contributed by atoms with Crippen LogP contribution in [0.4, 0.5) is 13.2 Å². The molecule has 0 saturated heterocycles. The number of methoxy groups -OCH3 is 1. The highest BCUT2D eigenvalue weighted by molar-refractivity contribution is 5.36. The van der Waals surface area contributed by atoms with Gasteiger partial charge in [-0.25, -0.2) is 13.2 Å². The summed E-state index contributed by atoms with van der Waals surface area (Å²) in [5.41, 5.74) is 0.0569. The van der Waals surface area contributed by atoms with Crippen molar-refractivity contribution in [1.82, 2.24) is 0 Å². The molecule has 0 aliphatic rings. The average molecular weight is 190 g/mol. The molecule has 1 rings (SSSR count). The van der Waals surface area contributed by atoms with E-state index in [0.717, 1.165) is 6.07 Å². The van der Waals surface area contributed by atoms with Crippen molar-refractivity contribution in [2.24, 2.45) is 0 Å². The standard InChI is InChI=1S/C9H9F3O/c1-3-5-7(13-2)4-6(10)9(12)8(5)11/h4H,3H2,1-2H3. The molecule has 0 bridgehead atoms. The topological polar surface area (TPSA) is 9.23 Å². The molecule has 4 heteroatoms. The number of halogens is 3. The van der Waals surface area contributed by atoms with Gasteiger partial charge >= 0.3 is 0 Å². The lowest BCUT2D eigenvalue weighted by Gasteiger charge is -2.08. The fourth-order valence-electron chi connectivity index (χ4n) is 1.12. The van der Waals surface area contributed by atoms with Gasteiger partial charge in [0.25, 0.3) is 0 Å². The van der Waals surface area contributed by atoms with Crippen molar-refractivity contribution in [3.05, 3.63) is 29.1 Å². The highest BCUT2D eigenvalue weighted by Crippen LogP contribution is 2.26. The Morgan fingerprint density at radius 3 is 2.31 bits per heavy atom. The normalized spacial score (nSPS) is 10.2. The van der Waals surface area contributed by atoms with E-state index >= 15 is 0 Å². The number of ether oxygens (including phenoxy) is 1. The summed E-state index contributed by atoms with van der Waals surface area (Å²) < 4.78 is 43.1. The summed E-state index contributed by atoms with van der Waals surface area (Å²) in [5.74, 6) is -3.80. The Labute approximate surface area is 74.1 Å². The van der Waals surface area contributed by atoms with E-state index in [1.807, 2.05) is 0 Å². The minimum absolute atomic E-state index is 0.0406. The third-order valence-corrected chi connectivity index (χ3v) is 1.80. The second kappa shape index (κ2) is 3.68. The maximum Gasteiger partial charge on any atom is 0.194 e. The average Bonchev–Trinajstić information content (AvgIpc) is 2.13. The lowest BCUT2D eigenvalue weighted by atomic mass is 10.1. The van der Waals surface area contributed by atoms with Gasteiger partial charge in [0, 0.05) is 11.6 Å². The van der Waals surface area contributed by atoms with Gasteiger partial charge in [-0.3, -0.25) is 0 Å². The van der Waals surface area contributed by atoms with Gasteiger partial charge in [-0.15, -0.1) is 0 Å². The van der Waals surface area contributed by atoms with Crippen LogP contribution in [0.3, 0.4) is 0 Å². The van der Waals surface area contributed by atoms with Crippen LogP contribution in [0, 0.1) is 17.5 Å². The van der Waals surface area contributed by atoms with Gasteiger partial charge in [-0.2, -0.15) is 0 Å². The minimum Gasteiger partial charge on any atom is -0.496 e. The third-order valence-electron chi connectivity index (χ3n) is 1.80. The predicted octanol–water partition coefficient (Wildman–Crippen LogP) is 2.67. The quantitative estimate of drug-likeness (QED) is 0.651. The molecule has 0 heterocycles. The molecule has 0 atom stereocenters. The van der Waals surface area contributed by atoms with Crippen LogP contribution in [-0.4, -0.2) is 7.11 Å². The maximum absolute atomic E-state index is 13.0. The van der Waals surface area contributed by atoms with Crippen molar-refractivity contribution < 1.29 is 17.9 Å². The van der Waals surface area contributed by atoms with E-state index < -0.39 is 17.5 Å². The van der Waals surface area contributed by atoms with Crippen LogP contribution < -0.4 is 4.74 Å². The molecule has 1 nitrogen and oxygen atoms in total. The molecule has 0 fully saturated rings. The van der Waals surface area contributed by atoms with Gasteiger partial charge in [-0.1, -0.05) is 6.92 Å². The first-order valence-electron chi connectivity index (χ1n) is 3.82. The van der Waals surface area contributed by atoms with Gasteiger partial charge < -0.3 is 4.74 Å². The number of hydrogen-bond donors (Lipinski definition) is 0. The molecule has 0 aliphatic heterocycles. The van der Waals surface area contributed by atoms with E-state index in [4.69, 9.17) is 4.74 Å². The van der Waals surface area contributed by atoms with E-state index in [-0.39, 0.29) is 17.7 Å². The van der Waals surface area contributed by atoms with Crippen molar-refractivity contribution >= 4 is 0 Å². The summed E-state index contributed by atoms with van der Waals surface area (Å²) >= 11 is 0. The van der Waals surface area contributed by atoms with Crippen LogP contribution in [0.5, 0.6) is 5.75 Å². The van der Waals surface area contributed by atoms with Gasteiger partial charge in [0.05, 0.1) is 7.11 Å². The summed E-state index contributed by atoms with van der Waals surface area (Å²) in [6.07, 6.45) is 0.256. The van der Waals surface area contributed by atoms with Crippen LogP contribution >= 0.6 is 0 Å². The Bertz CT molecular complexity index is 323. The molecule has 1 aromatic carbocycles. The maximum atomic E-state index is 13.0. The Morgan fingerprint density at radius 2 is 1.85 bits per heavy atom. The number of benzene rings is 1. The molecule has 13 heavy (non-hydrogen) atoms. The first-order chi connectivity index (χ1) is 6.11. The Kier molecular flexibility index (Phi) is 2.80. The van der Waals surface area contributed by atoms with E-state index in [1.54, 1.807) is 6.92 Å².